The van der Waals surface area contributed by atoms with Crippen LogP contribution in [0.3, 0.4) is 0 Å². The van der Waals surface area contributed by atoms with Crippen molar-refractivity contribution in [3.8, 4) is 0 Å². The van der Waals surface area contributed by atoms with Crippen LogP contribution in [0.5, 0.6) is 0 Å². The Morgan fingerprint density at radius 2 is 1.83 bits per heavy atom. The number of amides is 1. The lowest BCUT2D eigenvalue weighted by atomic mass is 10.1. The van der Waals surface area contributed by atoms with E-state index in [-0.39, 0.29) is 17.1 Å². The molecule has 0 aliphatic heterocycles. The lowest BCUT2D eigenvalue weighted by molar-refractivity contribution is -0.121. The summed E-state index contributed by atoms with van der Waals surface area (Å²) in [7, 11) is 0. The highest BCUT2D eigenvalue weighted by Gasteiger charge is 2.21. The molecule has 1 atom stereocenters. The van der Waals surface area contributed by atoms with Gasteiger partial charge in [0.1, 0.15) is 0 Å². The fourth-order valence-electron chi connectivity index (χ4n) is 1.99. The smallest absolute Gasteiger partial charge is 0.247 e. The highest BCUT2D eigenvalue weighted by molar-refractivity contribution is 7.99. The van der Waals surface area contributed by atoms with E-state index in [0.717, 1.165) is 5.75 Å². The van der Waals surface area contributed by atoms with Gasteiger partial charge in [-0.25, -0.2) is 5.84 Å². The van der Waals surface area contributed by atoms with Crippen molar-refractivity contribution in [2.75, 3.05) is 0 Å². The number of hydrogen-bond acceptors (Lipinski definition) is 3. The first-order valence-corrected chi connectivity index (χ1v) is 7.18. The predicted molar refractivity (Wildman–Crippen MR) is 78.2 cm³/mol. The van der Waals surface area contributed by atoms with E-state index in [1.165, 1.54) is 16.7 Å². The number of nitrogens with two attached hydrogens (primary N) is 1. The summed E-state index contributed by atoms with van der Waals surface area (Å²) in [6, 6.07) is 6.48. The Morgan fingerprint density at radius 3 is 2.28 bits per heavy atom. The number of rotatable bonds is 5. The molecule has 4 heteroatoms. The predicted octanol–water partition coefficient (Wildman–Crippen LogP) is 2.55. The van der Waals surface area contributed by atoms with E-state index in [0.29, 0.717) is 0 Å². The molecule has 0 aromatic heterocycles. The Labute approximate surface area is 113 Å². The molecule has 0 fully saturated rings. The van der Waals surface area contributed by atoms with Crippen molar-refractivity contribution in [3.05, 3.63) is 34.9 Å². The van der Waals surface area contributed by atoms with E-state index in [1.54, 1.807) is 11.8 Å². The zero-order valence-electron chi connectivity index (χ0n) is 11.5. The van der Waals surface area contributed by atoms with Crippen molar-refractivity contribution in [1.29, 1.82) is 0 Å². The number of carbonyl (C=O) groups is 1. The number of benzene rings is 1. The number of thioether (sulfide) groups is 1. The molecule has 0 aliphatic rings. The molecule has 3 N–H and O–H groups in total. The van der Waals surface area contributed by atoms with E-state index in [2.05, 4.69) is 37.5 Å². The third-order valence-electron chi connectivity index (χ3n) is 2.72. The van der Waals surface area contributed by atoms with Gasteiger partial charge in [0.2, 0.25) is 5.91 Å². The van der Waals surface area contributed by atoms with E-state index < -0.39 is 0 Å². The molecule has 1 unspecified atom stereocenters. The van der Waals surface area contributed by atoms with Crippen molar-refractivity contribution < 1.29 is 4.79 Å². The number of hydrogen-bond donors (Lipinski definition) is 2. The molecule has 100 valence electrons. The van der Waals surface area contributed by atoms with Crippen molar-refractivity contribution in [1.82, 2.24) is 5.43 Å². The highest BCUT2D eigenvalue weighted by atomic mass is 32.2. The molecule has 0 bridgehead atoms. The van der Waals surface area contributed by atoms with Gasteiger partial charge in [-0.15, -0.1) is 11.8 Å². The van der Waals surface area contributed by atoms with E-state index in [9.17, 15) is 4.79 Å². The summed E-state index contributed by atoms with van der Waals surface area (Å²) >= 11 is 1.64. The van der Waals surface area contributed by atoms with Crippen LogP contribution >= 0.6 is 11.8 Å². The fraction of sp³-hybridized carbons (Fsp3) is 0.500. The lowest BCUT2D eigenvalue weighted by Crippen LogP contribution is -2.40. The summed E-state index contributed by atoms with van der Waals surface area (Å²) in [6.45, 7) is 8.25. The van der Waals surface area contributed by atoms with Gasteiger partial charge in [-0.1, -0.05) is 43.2 Å². The second-order valence-electron chi connectivity index (χ2n) is 4.98. The maximum atomic E-state index is 11.7. The average molecular weight is 266 g/mol. The number of carbonyl (C=O) groups excluding carboxylic acids is 1. The fourth-order valence-corrected chi connectivity index (χ4v) is 3.13. The molecule has 1 rings (SSSR count). The minimum Gasteiger partial charge on any atom is -0.293 e. The van der Waals surface area contributed by atoms with Crippen LogP contribution in [-0.2, 0) is 10.5 Å². The minimum atomic E-state index is -0.101. The third-order valence-corrected chi connectivity index (χ3v) is 4.33. The maximum absolute atomic E-state index is 11.7. The molecule has 3 nitrogen and oxygen atoms in total. The summed E-state index contributed by atoms with van der Waals surface area (Å²) in [5.74, 6) is 6.22. The van der Waals surface area contributed by atoms with Gasteiger partial charge in [0.25, 0.3) is 0 Å². The second-order valence-corrected chi connectivity index (χ2v) is 6.11. The van der Waals surface area contributed by atoms with Crippen LogP contribution in [0.25, 0.3) is 0 Å². The van der Waals surface area contributed by atoms with Gasteiger partial charge in [-0.3, -0.25) is 10.2 Å². The number of aryl methyl sites for hydroxylation is 2. The van der Waals surface area contributed by atoms with Crippen LogP contribution in [0.2, 0.25) is 0 Å². The Bertz CT molecular complexity index is 398. The molecule has 0 spiro atoms. The van der Waals surface area contributed by atoms with Crippen LogP contribution in [-0.4, -0.2) is 11.2 Å². The Morgan fingerprint density at radius 1 is 1.28 bits per heavy atom. The van der Waals surface area contributed by atoms with Crippen LogP contribution in [0.1, 0.15) is 30.5 Å². The molecule has 0 radical (unpaired) electrons. The van der Waals surface area contributed by atoms with Crippen molar-refractivity contribution in [3.63, 3.8) is 0 Å². The first kappa shape index (κ1) is 15.1. The molecule has 0 aliphatic carbocycles. The van der Waals surface area contributed by atoms with Crippen LogP contribution < -0.4 is 11.3 Å². The van der Waals surface area contributed by atoms with Crippen molar-refractivity contribution in [2.24, 2.45) is 11.8 Å². The third kappa shape index (κ3) is 4.35. The maximum Gasteiger partial charge on any atom is 0.247 e. The Hall–Kier alpha value is -1.00. The largest absolute Gasteiger partial charge is 0.293 e. The van der Waals surface area contributed by atoms with Gasteiger partial charge < -0.3 is 0 Å². The molecule has 0 heterocycles. The average Bonchev–Trinajstić information content (AvgIpc) is 2.27. The summed E-state index contributed by atoms with van der Waals surface area (Å²) in [5, 5.41) is -0.101. The van der Waals surface area contributed by atoms with Gasteiger partial charge in [-0.2, -0.15) is 0 Å². The molecule has 1 aromatic carbocycles. The van der Waals surface area contributed by atoms with E-state index >= 15 is 0 Å². The van der Waals surface area contributed by atoms with Crippen LogP contribution in [0.4, 0.5) is 0 Å². The van der Waals surface area contributed by atoms with Crippen molar-refractivity contribution >= 4 is 17.7 Å². The molecule has 18 heavy (non-hydrogen) atoms. The molecule has 1 aromatic rings. The van der Waals surface area contributed by atoms with Gasteiger partial charge >= 0.3 is 0 Å². The number of nitrogens with one attached hydrogen (secondary N) is 1. The summed E-state index contributed by atoms with van der Waals surface area (Å²) in [4.78, 5) is 11.7. The SMILES string of the molecule is Cc1cc(C)cc(CSC(C(=O)NN)C(C)C)c1. The van der Waals surface area contributed by atoms with Crippen molar-refractivity contribution in [2.45, 2.75) is 38.7 Å². The monoisotopic (exact) mass is 266 g/mol. The van der Waals surface area contributed by atoms with E-state index in [4.69, 9.17) is 5.84 Å². The van der Waals surface area contributed by atoms with Crippen LogP contribution in [0, 0.1) is 19.8 Å². The minimum absolute atomic E-state index is 0.0978. The molecule has 1 amide bonds. The zero-order chi connectivity index (χ0) is 13.7. The Balaban J connectivity index is 2.69. The molecule has 0 saturated carbocycles. The molecular formula is C14H22N2OS. The number of hydrazine groups is 1. The van der Waals surface area contributed by atoms with Gasteiger partial charge in [0, 0.05) is 5.75 Å². The van der Waals surface area contributed by atoms with Gasteiger partial charge in [-0.05, 0) is 25.3 Å². The topological polar surface area (TPSA) is 55.1 Å². The van der Waals surface area contributed by atoms with E-state index in [1.807, 2.05) is 13.8 Å². The van der Waals surface area contributed by atoms with Gasteiger partial charge in [0.05, 0.1) is 5.25 Å². The summed E-state index contributed by atoms with van der Waals surface area (Å²) < 4.78 is 0. The first-order chi connectivity index (χ1) is 8.43. The second kappa shape index (κ2) is 6.81. The molecular weight excluding hydrogens is 244 g/mol. The normalized spacial score (nSPS) is 12.6. The summed E-state index contributed by atoms with van der Waals surface area (Å²) in [5.41, 5.74) is 6.02. The van der Waals surface area contributed by atoms with Crippen LogP contribution in [0.15, 0.2) is 18.2 Å². The van der Waals surface area contributed by atoms with Gasteiger partial charge in [0.15, 0.2) is 0 Å². The summed E-state index contributed by atoms with van der Waals surface area (Å²) in [6.07, 6.45) is 0. The highest BCUT2D eigenvalue weighted by Crippen LogP contribution is 2.24. The molecule has 0 saturated heterocycles. The zero-order valence-corrected chi connectivity index (χ0v) is 12.3. The quantitative estimate of drug-likeness (QED) is 0.489. The Kier molecular flexibility index (Phi) is 5.69. The first-order valence-electron chi connectivity index (χ1n) is 6.13. The standard InChI is InChI=1S/C14H22N2OS/c1-9(2)13(14(17)16-15)18-8-12-6-10(3)5-11(4)7-12/h5-7,9,13H,8,15H2,1-4H3,(H,16,17). The lowest BCUT2D eigenvalue weighted by Gasteiger charge is -2.18.